The average Bonchev–Trinajstić information content (AvgIpc) is 3.13. The van der Waals surface area contributed by atoms with E-state index in [2.05, 4.69) is 26.9 Å². The Kier molecular flexibility index (Phi) is 5.48. The Morgan fingerprint density at radius 3 is 2.78 bits per heavy atom. The third-order valence-corrected chi connectivity index (χ3v) is 6.67. The van der Waals surface area contributed by atoms with E-state index in [0.717, 1.165) is 57.5 Å². The van der Waals surface area contributed by atoms with E-state index in [4.69, 9.17) is 19.6 Å². The molecular weight excluding hydrogens is 478 g/mol. The lowest BCUT2D eigenvalue weighted by Gasteiger charge is -2.28. The van der Waals surface area contributed by atoms with Crippen molar-refractivity contribution in [2.75, 3.05) is 26.3 Å². The molecule has 0 amide bonds. The Labute approximate surface area is 192 Å². The van der Waals surface area contributed by atoms with E-state index < -0.39 is 6.16 Å². The number of ether oxygens (including phenoxy) is 2. The summed E-state index contributed by atoms with van der Waals surface area (Å²) in [6.07, 6.45) is -1.40. The monoisotopic (exact) mass is 499 g/mol. The van der Waals surface area contributed by atoms with Crippen molar-refractivity contribution in [2.24, 2.45) is 0 Å². The molecule has 0 spiro atoms. The van der Waals surface area contributed by atoms with Gasteiger partial charge in [0.2, 0.25) is 0 Å². The van der Waals surface area contributed by atoms with Crippen LogP contribution < -0.4 is 5.56 Å². The Hall–Kier alpha value is -2.75. The van der Waals surface area contributed by atoms with E-state index in [-0.39, 0.29) is 12.2 Å². The van der Waals surface area contributed by atoms with Crippen molar-refractivity contribution >= 4 is 33.0 Å². The number of nitrogens with zero attached hydrogens (tertiary/aromatic N) is 3. The summed E-state index contributed by atoms with van der Waals surface area (Å²) in [5.41, 5.74) is 5.47. The first-order chi connectivity index (χ1) is 15.4. The molecule has 0 aliphatic carbocycles. The summed E-state index contributed by atoms with van der Waals surface area (Å²) in [7, 11) is 0. The van der Waals surface area contributed by atoms with Gasteiger partial charge in [0.15, 0.2) is 0 Å². The van der Waals surface area contributed by atoms with Gasteiger partial charge in [-0.15, -0.1) is 0 Å². The van der Waals surface area contributed by atoms with Crippen LogP contribution in [0.3, 0.4) is 0 Å². The van der Waals surface area contributed by atoms with Gasteiger partial charge in [-0.2, -0.15) is 0 Å². The van der Waals surface area contributed by atoms with E-state index in [9.17, 15) is 9.59 Å². The molecule has 4 heterocycles. The van der Waals surface area contributed by atoms with Gasteiger partial charge in [0.1, 0.15) is 6.61 Å². The van der Waals surface area contributed by atoms with E-state index in [1.54, 1.807) is 11.5 Å². The fraction of sp³-hybridized carbons (Fsp3) is 0.348. The van der Waals surface area contributed by atoms with Crippen molar-refractivity contribution in [3.05, 3.63) is 61.3 Å². The van der Waals surface area contributed by atoms with Crippen molar-refractivity contribution in [1.29, 1.82) is 0 Å². The number of carbonyl (C=O) groups is 1. The fourth-order valence-corrected chi connectivity index (χ4v) is 4.88. The molecule has 2 aliphatic heterocycles. The summed E-state index contributed by atoms with van der Waals surface area (Å²) in [6, 6.07) is 7.95. The lowest BCUT2D eigenvalue weighted by molar-refractivity contribution is 0.0342. The van der Waals surface area contributed by atoms with E-state index in [1.165, 1.54) is 0 Å². The predicted molar refractivity (Wildman–Crippen MR) is 122 cm³/mol. The molecule has 1 saturated heterocycles. The van der Waals surface area contributed by atoms with Gasteiger partial charge >= 0.3 is 6.16 Å². The van der Waals surface area contributed by atoms with Crippen molar-refractivity contribution in [1.82, 2.24) is 14.5 Å². The van der Waals surface area contributed by atoms with Crippen LogP contribution in [-0.4, -0.2) is 52.0 Å². The van der Waals surface area contributed by atoms with Crippen molar-refractivity contribution < 1.29 is 19.4 Å². The van der Waals surface area contributed by atoms with Gasteiger partial charge in [-0.1, -0.05) is 15.9 Å². The molecule has 166 valence electrons. The van der Waals surface area contributed by atoms with Gasteiger partial charge < -0.3 is 19.1 Å². The molecule has 1 aromatic carbocycles. The SMILES string of the molecule is Cc1cc2n(c(=O)c1COC(=O)O)Cc1c-2nc2ccc(Br)cc2c1CN1CCOCC1. The molecule has 1 fully saturated rings. The van der Waals surface area contributed by atoms with E-state index >= 15 is 0 Å². The molecule has 0 atom stereocenters. The number of aryl methyl sites for hydroxylation is 1. The van der Waals surface area contributed by atoms with Crippen LogP contribution in [0, 0.1) is 6.92 Å². The Balaban J connectivity index is 1.66. The van der Waals surface area contributed by atoms with E-state index in [1.807, 2.05) is 18.2 Å². The summed E-state index contributed by atoms with van der Waals surface area (Å²) in [6.45, 7) is 5.82. The zero-order valence-electron chi connectivity index (χ0n) is 17.6. The molecule has 0 bridgehead atoms. The summed E-state index contributed by atoms with van der Waals surface area (Å²) in [5, 5.41) is 9.92. The first-order valence-electron chi connectivity index (χ1n) is 10.4. The molecule has 8 nitrogen and oxygen atoms in total. The average molecular weight is 500 g/mol. The number of benzene rings is 1. The maximum absolute atomic E-state index is 13.2. The zero-order valence-corrected chi connectivity index (χ0v) is 19.1. The molecule has 2 aliphatic rings. The lowest BCUT2D eigenvalue weighted by Crippen LogP contribution is -2.36. The largest absolute Gasteiger partial charge is 0.506 e. The number of fused-ring (bicyclic) bond motifs is 4. The highest BCUT2D eigenvalue weighted by molar-refractivity contribution is 9.10. The second kappa shape index (κ2) is 8.31. The maximum Gasteiger partial charge on any atom is 0.506 e. The molecule has 9 heteroatoms. The number of morpholine rings is 1. The normalized spacial score (nSPS) is 15.6. The van der Waals surface area contributed by atoms with Crippen LogP contribution in [0.1, 0.15) is 22.3 Å². The van der Waals surface area contributed by atoms with Gasteiger partial charge in [0, 0.05) is 35.1 Å². The van der Waals surface area contributed by atoms with Crippen molar-refractivity contribution in [3.8, 4) is 11.4 Å². The van der Waals surface area contributed by atoms with Gasteiger partial charge in [0.05, 0.1) is 42.2 Å². The minimum absolute atomic E-state index is 0.234. The predicted octanol–water partition coefficient (Wildman–Crippen LogP) is 3.52. The Morgan fingerprint density at radius 1 is 1.25 bits per heavy atom. The molecule has 1 N–H and O–H groups in total. The minimum atomic E-state index is -1.40. The number of carboxylic acid groups (broad SMARTS) is 1. The van der Waals surface area contributed by atoms with E-state index in [0.29, 0.717) is 30.9 Å². The molecule has 3 aromatic rings. The van der Waals surface area contributed by atoms with Gasteiger partial charge in [0.25, 0.3) is 5.56 Å². The second-order valence-corrected chi connectivity index (χ2v) is 9.02. The summed E-state index contributed by atoms with van der Waals surface area (Å²) >= 11 is 3.58. The van der Waals surface area contributed by atoms with Gasteiger partial charge in [-0.25, -0.2) is 9.78 Å². The molecule has 0 radical (unpaired) electrons. The number of pyridine rings is 2. The molecule has 2 aromatic heterocycles. The molecule has 0 saturated carbocycles. The highest BCUT2D eigenvalue weighted by Gasteiger charge is 2.28. The van der Waals surface area contributed by atoms with Gasteiger partial charge in [-0.3, -0.25) is 9.69 Å². The summed E-state index contributed by atoms with van der Waals surface area (Å²) in [4.78, 5) is 31.4. The highest BCUT2D eigenvalue weighted by atomic mass is 79.9. The fourth-order valence-electron chi connectivity index (χ4n) is 4.52. The minimum Gasteiger partial charge on any atom is -0.450 e. The third-order valence-electron chi connectivity index (χ3n) is 6.17. The second-order valence-electron chi connectivity index (χ2n) is 8.10. The first kappa shape index (κ1) is 21.1. The highest BCUT2D eigenvalue weighted by Crippen LogP contribution is 2.37. The lowest BCUT2D eigenvalue weighted by atomic mass is 9.99. The number of rotatable bonds is 4. The Morgan fingerprint density at radius 2 is 2.03 bits per heavy atom. The number of aromatic nitrogens is 2. The van der Waals surface area contributed by atoms with Crippen LogP contribution in [0.2, 0.25) is 0 Å². The Bertz CT molecular complexity index is 1300. The maximum atomic E-state index is 13.2. The van der Waals surface area contributed by atoms with Crippen LogP contribution in [-0.2, 0) is 29.2 Å². The quantitative estimate of drug-likeness (QED) is 0.429. The summed E-state index contributed by atoms with van der Waals surface area (Å²) in [5.74, 6) is 0. The van der Waals surface area contributed by atoms with Crippen LogP contribution in [0.15, 0.2) is 33.5 Å². The van der Waals surface area contributed by atoms with Crippen LogP contribution in [0.25, 0.3) is 22.3 Å². The zero-order chi connectivity index (χ0) is 22.4. The van der Waals surface area contributed by atoms with Crippen LogP contribution in [0.4, 0.5) is 4.79 Å². The molecule has 5 rings (SSSR count). The van der Waals surface area contributed by atoms with Crippen LogP contribution >= 0.6 is 15.9 Å². The topological polar surface area (TPSA) is 93.9 Å². The third kappa shape index (κ3) is 3.70. The molecular formula is C23H22BrN3O5. The van der Waals surface area contributed by atoms with Gasteiger partial charge in [-0.05, 0) is 42.3 Å². The van der Waals surface area contributed by atoms with Crippen molar-refractivity contribution in [2.45, 2.75) is 26.6 Å². The number of hydrogen-bond acceptors (Lipinski definition) is 6. The smallest absolute Gasteiger partial charge is 0.450 e. The number of hydrogen-bond donors (Lipinski definition) is 1. The first-order valence-corrected chi connectivity index (χ1v) is 11.2. The van der Waals surface area contributed by atoms with Crippen molar-refractivity contribution in [3.63, 3.8) is 0 Å². The molecule has 0 unspecified atom stereocenters. The number of halogens is 1. The molecule has 32 heavy (non-hydrogen) atoms. The standard InChI is InChI=1S/C23H22BrN3O5/c1-13-8-20-21-17(11-27(20)22(28)18(13)12-32-23(29)30)16(10-26-4-6-31-7-5-26)15-9-14(24)2-3-19(15)25-21/h2-3,8-9H,4-7,10-12H2,1H3,(H,29,30). The van der Waals surface area contributed by atoms with Crippen LogP contribution in [0.5, 0.6) is 0 Å². The summed E-state index contributed by atoms with van der Waals surface area (Å²) < 4.78 is 12.9.